The van der Waals surface area contributed by atoms with Gasteiger partial charge in [0.15, 0.2) is 11.6 Å². The van der Waals surface area contributed by atoms with Crippen LogP contribution in [0.5, 0.6) is 0 Å². The number of nitrogens with zero attached hydrogens (tertiary/aromatic N) is 3. The lowest BCUT2D eigenvalue weighted by Crippen LogP contribution is -2.55. The van der Waals surface area contributed by atoms with E-state index in [4.69, 9.17) is 67.8 Å². The van der Waals surface area contributed by atoms with Crippen LogP contribution in [0.3, 0.4) is 0 Å². The fourth-order valence-electron chi connectivity index (χ4n) is 7.84. The molecule has 0 aliphatic rings. The molecule has 0 fully saturated rings. The van der Waals surface area contributed by atoms with Gasteiger partial charge in [0, 0.05) is 17.7 Å². The van der Waals surface area contributed by atoms with Crippen LogP contribution in [0, 0.1) is 5.92 Å². The van der Waals surface area contributed by atoms with E-state index in [-0.39, 0.29) is 63.7 Å². The van der Waals surface area contributed by atoms with E-state index in [0.29, 0.717) is 159 Å². The summed E-state index contributed by atoms with van der Waals surface area (Å²) < 4.78 is 62.1. The Bertz CT molecular complexity index is 2490. The lowest BCUT2D eigenvalue weighted by Gasteiger charge is -2.25. The summed E-state index contributed by atoms with van der Waals surface area (Å²) in [6, 6.07) is 12.3. The average molecular weight is 1160 g/mol. The molecule has 2 heterocycles. The summed E-state index contributed by atoms with van der Waals surface area (Å²) >= 11 is 0. The molecule has 2 aromatic carbocycles. The van der Waals surface area contributed by atoms with E-state index in [0.717, 1.165) is 5.39 Å². The highest BCUT2D eigenvalue weighted by molar-refractivity contribution is 6.09. The fourth-order valence-corrected chi connectivity index (χ4v) is 7.84. The Morgan fingerprint density at radius 3 is 1.70 bits per heavy atom. The van der Waals surface area contributed by atoms with Crippen molar-refractivity contribution < 1.29 is 81.2 Å². The van der Waals surface area contributed by atoms with Crippen LogP contribution in [0.1, 0.15) is 72.2 Å². The van der Waals surface area contributed by atoms with Crippen molar-refractivity contribution in [1.29, 1.82) is 0 Å². The monoisotopic (exact) mass is 1160 g/mol. The number of para-hydroxylation sites is 1. The zero-order chi connectivity index (χ0) is 59.4. The first-order valence-electron chi connectivity index (χ1n) is 28.0. The first-order chi connectivity index (χ1) is 39.6. The molecule has 0 radical (unpaired) electrons. The summed E-state index contributed by atoms with van der Waals surface area (Å²) in [7, 11) is 0. The highest BCUT2D eigenvalue weighted by Crippen LogP contribution is 2.32. The lowest BCUT2D eigenvalue weighted by atomic mass is 10.0. The summed E-state index contributed by atoms with van der Waals surface area (Å²) in [5.41, 5.74) is 7.45. The number of imidazole rings is 1. The molecule has 0 saturated carbocycles. The lowest BCUT2D eigenvalue weighted by molar-refractivity contribution is -0.134. The molecular formula is C57H88N8O17. The molecule has 4 rings (SSSR count). The van der Waals surface area contributed by atoms with Gasteiger partial charge in [-0.3, -0.25) is 24.5 Å². The molecule has 0 bridgehead atoms. The van der Waals surface area contributed by atoms with Gasteiger partial charge in [-0.05, 0) is 83.2 Å². The molecule has 0 saturated heterocycles. The predicted octanol–water partition coefficient (Wildman–Crippen LogP) is 4.07. The van der Waals surface area contributed by atoms with Gasteiger partial charge < -0.3 is 83.5 Å². The third-order valence-corrected chi connectivity index (χ3v) is 11.8. The fraction of sp³-hybridized carbons (Fsp3) is 0.632. The van der Waals surface area contributed by atoms with Gasteiger partial charge in [0.1, 0.15) is 49.9 Å². The standard InChI is InChI=1S/C57H88N8O17/c1-7-72-38-48-62-51-52(65(48)40-57(5,6)71)45-12-8-9-13-46(45)60-53(51)64-56(70)82-37-43-15-17-44(18-16-43)59-54(68)47(14-10-11-19-58)61-55(69)50(41(2)3)63-49(67)39-81-35-33-79-31-29-77-27-25-75-23-21-73-20-22-74-24-26-76-28-30-78-32-34-80-36-42(4)66/h8-9,12-13,15-18,41,47,50,71H,7,10-11,14,19-40,58H2,1-6H3,(H,59,68)(H,61,69)(H,63,67)(H,60,64,70)/t47-,50-/m0/s1. The van der Waals surface area contributed by atoms with Gasteiger partial charge in [0.05, 0.1) is 129 Å². The number of aromatic nitrogens is 3. The van der Waals surface area contributed by atoms with Crippen LogP contribution in [0.4, 0.5) is 16.3 Å². The topological polar surface area (TPSA) is 312 Å². The van der Waals surface area contributed by atoms with Gasteiger partial charge in [-0.15, -0.1) is 0 Å². The van der Waals surface area contributed by atoms with E-state index in [1.54, 1.807) is 52.0 Å². The smallest absolute Gasteiger partial charge is 0.413 e. The minimum absolute atomic E-state index is 0.0179. The van der Waals surface area contributed by atoms with Crippen LogP contribution in [-0.2, 0) is 91.0 Å². The van der Waals surface area contributed by atoms with Crippen LogP contribution in [0.15, 0.2) is 48.5 Å². The van der Waals surface area contributed by atoms with E-state index in [1.165, 1.54) is 6.92 Å². The second-order valence-corrected chi connectivity index (χ2v) is 19.9. The molecule has 4 amide bonds. The molecule has 0 aliphatic carbocycles. The third-order valence-electron chi connectivity index (χ3n) is 11.8. The number of ketones is 1. The van der Waals surface area contributed by atoms with Gasteiger partial charge in [-0.1, -0.05) is 44.2 Å². The number of aliphatic hydroxyl groups is 1. The number of carbonyl (C=O) groups excluding carboxylic acids is 5. The average Bonchev–Trinajstić information content (AvgIpc) is 3.94. The SMILES string of the molecule is CCOCc1nc2c(NC(=O)OCc3ccc(NC(=O)[C@H](CCCCN)NC(=O)[C@@H](NC(=O)COCCOCCOCCOCCOCCOCCOCCOCCOCC(C)=O)C(C)C)cc3)nc3ccccc3c2n1CC(C)(C)O. The quantitative estimate of drug-likeness (QED) is 0.0340. The number of amides is 4. The van der Waals surface area contributed by atoms with E-state index in [1.807, 2.05) is 35.8 Å². The number of ether oxygens (including phenoxy) is 11. The van der Waals surface area contributed by atoms with Crippen molar-refractivity contribution in [3.05, 3.63) is 59.9 Å². The van der Waals surface area contributed by atoms with Crippen LogP contribution in [0.25, 0.3) is 21.9 Å². The Morgan fingerprint density at radius 1 is 0.646 bits per heavy atom. The molecular weight excluding hydrogens is 1070 g/mol. The zero-order valence-corrected chi connectivity index (χ0v) is 48.6. The van der Waals surface area contributed by atoms with Crippen LogP contribution >= 0.6 is 0 Å². The number of unbranched alkanes of at least 4 members (excludes halogenated alkanes) is 1. The number of Topliss-reactive ketones (excluding diaryl/α,β-unsaturated/α-hetero) is 1. The Labute approximate surface area is 480 Å². The van der Waals surface area contributed by atoms with E-state index >= 15 is 0 Å². The van der Waals surface area contributed by atoms with Crippen LogP contribution < -0.4 is 27.0 Å². The number of fused-ring (bicyclic) bond motifs is 3. The number of rotatable bonds is 46. The van der Waals surface area contributed by atoms with Crippen molar-refractivity contribution in [3.63, 3.8) is 0 Å². The second-order valence-electron chi connectivity index (χ2n) is 19.9. The van der Waals surface area contributed by atoms with E-state index in [2.05, 4.69) is 21.3 Å². The molecule has 7 N–H and O–H groups in total. The molecule has 458 valence electrons. The minimum atomic E-state index is -1.08. The van der Waals surface area contributed by atoms with Crippen molar-refractivity contribution in [2.75, 3.05) is 143 Å². The molecule has 2 aromatic heterocycles. The van der Waals surface area contributed by atoms with Crippen molar-refractivity contribution in [2.45, 2.75) is 98.2 Å². The van der Waals surface area contributed by atoms with Crippen LogP contribution in [0.2, 0.25) is 0 Å². The summed E-state index contributed by atoms with van der Waals surface area (Å²) in [6.45, 7) is 17.4. The molecule has 4 aromatic rings. The largest absolute Gasteiger partial charge is 0.444 e. The van der Waals surface area contributed by atoms with Crippen molar-refractivity contribution in [2.24, 2.45) is 11.7 Å². The number of hydrogen-bond acceptors (Lipinski definition) is 20. The summed E-state index contributed by atoms with van der Waals surface area (Å²) in [5.74, 6) is -1.07. The Kier molecular flexibility index (Phi) is 33.2. The van der Waals surface area contributed by atoms with Gasteiger partial charge >= 0.3 is 6.09 Å². The molecule has 0 aliphatic heterocycles. The Hall–Kier alpha value is -5.81. The highest BCUT2D eigenvalue weighted by Gasteiger charge is 2.29. The molecule has 0 spiro atoms. The molecule has 0 unspecified atom stereocenters. The van der Waals surface area contributed by atoms with Crippen LogP contribution in [-0.4, -0.2) is 199 Å². The van der Waals surface area contributed by atoms with E-state index < -0.39 is 41.5 Å². The Morgan fingerprint density at radius 2 is 1.18 bits per heavy atom. The Balaban J connectivity index is 1.09. The zero-order valence-electron chi connectivity index (χ0n) is 48.6. The molecule has 2 atom stereocenters. The minimum Gasteiger partial charge on any atom is -0.444 e. The molecule has 25 heteroatoms. The number of hydrogen-bond donors (Lipinski definition) is 6. The molecule has 82 heavy (non-hydrogen) atoms. The highest BCUT2D eigenvalue weighted by atomic mass is 16.6. The number of nitrogens with two attached hydrogens (primary N) is 1. The first-order valence-corrected chi connectivity index (χ1v) is 28.0. The third kappa shape index (κ3) is 27.5. The van der Waals surface area contributed by atoms with Gasteiger partial charge in [-0.25, -0.2) is 14.8 Å². The normalized spacial score (nSPS) is 12.5. The summed E-state index contributed by atoms with van der Waals surface area (Å²) in [6.07, 6.45) is 0.733. The number of anilines is 2. The van der Waals surface area contributed by atoms with Gasteiger partial charge in [0.2, 0.25) is 17.7 Å². The van der Waals surface area contributed by atoms with Gasteiger partial charge in [-0.2, -0.15) is 0 Å². The molecule has 25 nitrogen and oxygen atoms in total. The maximum atomic E-state index is 13.7. The number of nitrogens with one attached hydrogen (secondary N) is 4. The number of carbonyl (C=O) groups is 5. The number of pyridine rings is 1. The number of benzene rings is 2. The van der Waals surface area contributed by atoms with Gasteiger partial charge in [0.25, 0.3) is 0 Å². The van der Waals surface area contributed by atoms with Crippen molar-refractivity contribution in [1.82, 2.24) is 25.2 Å². The summed E-state index contributed by atoms with van der Waals surface area (Å²) in [4.78, 5) is 73.7. The first kappa shape index (κ1) is 68.7. The summed E-state index contributed by atoms with van der Waals surface area (Å²) in [5, 5.41) is 22.8. The van der Waals surface area contributed by atoms with Crippen molar-refractivity contribution >= 4 is 63.0 Å². The predicted molar refractivity (Wildman–Crippen MR) is 305 cm³/mol. The second kappa shape index (κ2) is 39.6. The van der Waals surface area contributed by atoms with Crippen molar-refractivity contribution in [3.8, 4) is 0 Å². The van der Waals surface area contributed by atoms with E-state index in [9.17, 15) is 29.1 Å². The maximum absolute atomic E-state index is 13.7. The maximum Gasteiger partial charge on any atom is 0.413 e.